The lowest BCUT2D eigenvalue weighted by atomic mass is 10.2. The van der Waals surface area contributed by atoms with Gasteiger partial charge < -0.3 is 9.73 Å². The molecule has 1 aromatic heterocycles. The van der Waals surface area contributed by atoms with E-state index in [1.165, 1.54) is 0 Å². The summed E-state index contributed by atoms with van der Waals surface area (Å²) < 4.78 is 5.50. The first kappa shape index (κ1) is 12.1. The van der Waals surface area contributed by atoms with E-state index in [-0.39, 0.29) is 11.7 Å². The number of aromatic nitrogens is 1. The molecule has 0 saturated carbocycles. The SMILES string of the molecule is C=CCNC(=O)c1oc(-c2ccccc2)nc1C. The molecule has 4 nitrogen and oxygen atoms in total. The van der Waals surface area contributed by atoms with Crippen molar-refractivity contribution in [3.63, 3.8) is 0 Å². The van der Waals surface area contributed by atoms with Gasteiger partial charge in [-0.25, -0.2) is 4.98 Å². The molecule has 1 N–H and O–H groups in total. The molecule has 0 aliphatic heterocycles. The molecule has 0 spiro atoms. The highest BCUT2D eigenvalue weighted by molar-refractivity contribution is 5.92. The van der Waals surface area contributed by atoms with Crippen molar-refractivity contribution in [2.45, 2.75) is 6.92 Å². The summed E-state index contributed by atoms with van der Waals surface area (Å²) in [6.45, 7) is 5.69. The van der Waals surface area contributed by atoms with E-state index in [2.05, 4.69) is 16.9 Å². The van der Waals surface area contributed by atoms with Crippen LogP contribution in [0, 0.1) is 6.92 Å². The predicted octanol–water partition coefficient (Wildman–Crippen LogP) is 2.57. The van der Waals surface area contributed by atoms with E-state index in [1.807, 2.05) is 30.3 Å². The summed E-state index contributed by atoms with van der Waals surface area (Å²) in [6, 6.07) is 9.48. The van der Waals surface area contributed by atoms with E-state index < -0.39 is 0 Å². The maximum Gasteiger partial charge on any atom is 0.289 e. The van der Waals surface area contributed by atoms with Crippen LogP contribution in [0.1, 0.15) is 16.2 Å². The van der Waals surface area contributed by atoms with Gasteiger partial charge in [0, 0.05) is 12.1 Å². The molecule has 0 unspecified atom stereocenters. The summed E-state index contributed by atoms with van der Waals surface area (Å²) in [5, 5.41) is 2.66. The number of aryl methyl sites for hydroxylation is 1. The van der Waals surface area contributed by atoms with Gasteiger partial charge in [-0.2, -0.15) is 0 Å². The van der Waals surface area contributed by atoms with Crippen LogP contribution in [0.2, 0.25) is 0 Å². The Labute approximate surface area is 105 Å². The normalized spacial score (nSPS) is 10.1. The van der Waals surface area contributed by atoms with E-state index in [1.54, 1.807) is 13.0 Å². The van der Waals surface area contributed by atoms with Gasteiger partial charge in [0.2, 0.25) is 11.7 Å². The quantitative estimate of drug-likeness (QED) is 0.838. The van der Waals surface area contributed by atoms with Gasteiger partial charge in [-0.1, -0.05) is 24.3 Å². The van der Waals surface area contributed by atoms with Crippen molar-refractivity contribution in [3.8, 4) is 11.5 Å². The maximum atomic E-state index is 11.8. The molecule has 0 aliphatic carbocycles. The molecule has 0 bridgehead atoms. The molecule has 1 amide bonds. The minimum Gasteiger partial charge on any atom is -0.431 e. The third-order valence-electron chi connectivity index (χ3n) is 2.43. The van der Waals surface area contributed by atoms with Gasteiger partial charge in [-0.3, -0.25) is 4.79 Å². The summed E-state index contributed by atoms with van der Waals surface area (Å²) in [4.78, 5) is 16.0. The van der Waals surface area contributed by atoms with Gasteiger partial charge >= 0.3 is 0 Å². The third kappa shape index (κ3) is 2.48. The highest BCUT2D eigenvalue weighted by Gasteiger charge is 2.17. The van der Waals surface area contributed by atoms with Crippen molar-refractivity contribution in [1.29, 1.82) is 0 Å². The summed E-state index contributed by atoms with van der Waals surface area (Å²) >= 11 is 0. The molecule has 0 atom stereocenters. The molecule has 0 saturated heterocycles. The number of benzene rings is 1. The smallest absolute Gasteiger partial charge is 0.289 e. The molecule has 4 heteroatoms. The second kappa shape index (κ2) is 5.31. The molecular formula is C14H14N2O2. The molecule has 1 heterocycles. The number of hydrogen-bond acceptors (Lipinski definition) is 3. The lowest BCUT2D eigenvalue weighted by Gasteiger charge is -1.98. The van der Waals surface area contributed by atoms with Crippen LogP contribution in [0.5, 0.6) is 0 Å². The number of nitrogens with one attached hydrogen (secondary N) is 1. The average Bonchev–Trinajstić information content (AvgIpc) is 2.79. The predicted molar refractivity (Wildman–Crippen MR) is 69.2 cm³/mol. The molecule has 0 aliphatic rings. The minimum absolute atomic E-state index is 0.246. The van der Waals surface area contributed by atoms with Gasteiger partial charge in [0.05, 0.1) is 5.69 Å². The first-order valence-electron chi connectivity index (χ1n) is 5.64. The van der Waals surface area contributed by atoms with Crippen LogP contribution in [0.15, 0.2) is 47.4 Å². The fraction of sp³-hybridized carbons (Fsp3) is 0.143. The molecular weight excluding hydrogens is 228 g/mol. The molecule has 1 aromatic carbocycles. The fourth-order valence-electron chi connectivity index (χ4n) is 1.56. The summed E-state index contributed by atoms with van der Waals surface area (Å²) in [5.74, 6) is 0.426. The molecule has 0 radical (unpaired) electrons. The Balaban J connectivity index is 2.27. The van der Waals surface area contributed by atoms with Gasteiger partial charge in [-0.15, -0.1) is 6.58 Å². The van der Waals surface area contributed by atoms with Crippen molar-refractivity contribution in [2.24, 2.45) is 0 Å². The largest absolute Gasteiger partial charge is 0.431 e. The Hall–Kier alpha value is -2.36. The Kier molecular flexibility index (Phi) is 3.57. The van der Waals surface area contributed by atoms with Crippen molar-refractivity contribution >= 4 is 5.91 Å². The van der Waals surface area contributed by atoms with Crippen LogP contribution in [-0.4, -0.2) is 17.4 Å². The first-order chi connectivity index (χ1) is 8.72. The maximum absolute atomic E-state index is 11.8. The number of oxazole rings is 1. The van der Waals surface area contributed by atoms with Crippen molar-refractivity contribution in [2.75, 3.05) is 6.54 Å². The molecule has 18 heavy (non-hydrogen) atoms. The standard InChI is InChI=1S/C14H14N2O2/c1-3-9-15-13(17)12-10(2)16-14(18-12)11-7-5-4-6-8-11/h3-8H,1,9H2,2H3,(H,15,17). The van der Waals surface area contributed by atoms with E-state index in [0.29, 0.717) is 18.1 Å². The number of nitrogens with zero attached hydrogens (tertiary/aromatic N) is 1. The fourth-order valence-corrected chi connectivity index (χ4v) is 1.56. The Morgan fingerprint density at radius 3 is 2.83 bits per heavy atom. The Bertz CT molecular complexity index is 558. The second-order valence-electron chi connectivity index (χ2n) is 3.80. The van der Waals surface area contributed by atoms with Crippen LogP contribution in [0.3, 0.4) is 0 Å². The minimum atomic E-state index is -0.276. The Morgan fingerprint density at radius 2 is 2.17 bits per heavy atom. The van der Waals surface area contributed by atoms with Gasteiger partial charge in [0.25, 0.3) is 5.91 Å². The first-order valence-corrected chi connectivity index (χ1v) is 5.64. The highest BCUT2D eigenvalue weighted by Crippen LogP contribution is 2.21. The number of hydrogen-bond donors (Lipinski definition) is 1. The van der Waals surface area contributed by atoms with Crippen LogP contribution in [0.4, 0.5) is 0 Å². The number of carbonyl (C=O) groups is 1. The van der Waals surface area contributed by atoms with Gasteiger partial charge in [0.1, 0.15) is 0 Å². The zero-order chi connectivity index (χ0) is 13.0. The van der Waals surface area contributed by atoms with E-state index in [0.717, 1.165) is 5.56 Å². The number of carbonyl (C=O) groups excluding carboxylic acids is 1. The van der Waals surface area contributed by atoms with E-state index in [4.69, 9.17) is 4.42 Å². The third-order valence-corrected chi connectivity index (χ3v) is 2.43. The van der Waals surface area contributed by atoms with Crippen molar-refractivity contribution in [1.82, 2.24) is 10.3 Å². The molecule has 0 fully saturated rings. The monoisotopic (exact) mass is 242 g/mol. The molecule has 92 valence electrons. The topological polar surface area (TPSA) is 55.1 Å². The molecule has 2 aromatic rings. The number of amides is 1. The van der Waals surface area contributed by atoms with E-state index >= 15 is 0 Å². The lowest BCUT2D eigenvalue weighted by molar-refractivity contribution is 0.0930. The van der Waals surface area contributed by atoms with Gasteiger partial charge in [-0.05, 0) is 19.1 Å². The second-order valence-corrected chi connectivity index (χ2v) is 3.80. The summed E-state index contributed by atoms with van der Waals surface area (Å²) in [7, 11) is 0. The highest BCUT2D eigenvalue weighted by atomic mass is 16.4. The van der Waals surface area contributed by atoms with Crippen LogP contribution in [-0.2, 0) is 0 Å². The van der Waals surface area contributed by atoms with Crippen molar-refractivity contribution in [3.05, 3.63) is 54.4 Å². The zero-order valence-corrected chi connectivity index (χ0v) is 10.1. The van der Waals surface area contributed by atoms with Gasteiger partial charge in [0.15, 0.2) is 0 Å². The average molecular weight is 242 g/mol. The zero-order valence-electron chi connectivity index (χ0n) is 10.1. The molecule has 2 rings (SSSR count). The van der Waals surface area contributed by atoms with Crippen LogP contribution < -0.4 is 5.32 Å². The van der Waals surface area contributed by atoms with E-state index in [9.17, 15) is 4.79 Å². The summed E-state index contributed by atoms with van der Waals surface area (Å²) in [5.41, 5.74) is 1.43. The lowest BCUT2D eigenvalue weighted by Crippen LogP contribution is -2.23. The number of rotatable bonds is 4. The Morgan fingerprint density at radius 1 is 1.44 bits per heavy atom. The van der Waals surface area contributed by atoms with Crippen molar-refractivity contribution < 1.29 is 9.21 Å². The van der Waals surface area contributed by atoms with Crippen LogP contribution >= 0.6 is 0 Å². The summed E-state index contributed by atoms with van der Waals surface area (Å²) in [6.07, 6.45) is 1.61. The van der Waals surface area contributed by atoms with Crippen LogP contribution in [0.25, 0.3) is 11.5 Å².